The average Bonchev–Trinajstić information content (AvgIpc) is 2.77. The van der Waals surface area contributed by atoms with Crippen LogP contribution in [0.2, 0.25) is 0 Å². The molecule has 3 rings (SSSR count). The van der Waals surface area contributed by atoms with Gasteiger partial charge in [0.05, 0.1) is 23.2 Å². The zero-order valence-corrected chi connectivity index (χ0v) is 19.2. The fourth-order valence-electron chi connectivity index (χ4n) is 4.27. The SMILES string of the molecule is CC1CCC(C(C)C)C(OCCOc2ccc([N+](=O)[O-])c(Oc3ccc(C(=O)O)cc3)c2)C1. The zero-order chi connectivity index (χ0) is 24.0. The number of aromatic carboxylic acids is 1. The minimum atomic E-state index is -1.06. The molecule has 1 N–H and O–H groups in total. The summed E-state index contributed by atoms with van der Waals surface area (Å²) >= 11 is 0. The maximum Gasteiger partial charge on any atom is 0.335 e. The van der Waals surface area contributed by atoms with Crippen LogP contribution in [0.5, 0.6) is 17.2 Å². The van der Waals surface area contributed by atoms with Crippen LogP contribution in [0, 0.1) is 27.9 Å². The molecular formula is C25H31NO7. The first-order valence-corrected chi connectivity index (χ1v) is 11.3. The molecule has 2 aromatic rings. The van der Waals surface area contributed by atoms with Gasteiger partial charge >= 0.3 is 11.7 Å². The minimum Gasteiger partial charge on any atom is -0.491 e. The van der Waals surface area contributed by atoms with Gasteiger partial charge in [-0.25, -0.2) is 4.79 Å². The van der Waals surface area contributed by atoms with Gasteiger partial charge in [0.1, 0.15) is 18.1 Å². The molecule has 2 aromatic carbocycles. The van der Waals surface area contributed by atoms with Crippen molar-refractivity contribution in [3.63, 3.8) is 0 Å². The highest BCUT2D eigenvalue weighted by Crippen LogP contribution is 2.36. The summed E-state index contributed by atoms with van der Waals surface area (Å²) in [5, 5.41) is 20.4. The average molecular weight is 458 g/mol. The molecule has 0 bridgehead atoms. The summed E-state index contributed by atoms with van der Waals surface area (Å²) in [4.78, 5) is 21.9. The van der Waals surface area contributed by atoms with Crippen LogP contribution in [-0.4, -0.2) is 35.3 Å². The lowest BCUT2D eigenvalue weighted by Crippen LogP contribution is -2.35. The summed E-state index contributed by atoms with van der Waals surface area (Å²) in [7, 11) is 0. The predicted molar refractivity (Wildman–Crippen MR) is 123 cm³/mol. The van der Waals surface area contributed by atoms with Gasteiger partial charge < -0.3 is 19.3 Å². The Kier molecular flexibility index (Phi) is 8.27. The lowest BCUT2D eigenvalue weighted by Gasteiger charge is -2.37. The molecule has 0 saturated heterocycles. The Hall–Kier alpha value is -3.13. The van der Waals surface area contributed by atoms with E-state index in [0.29, 0.717) is 36.7 Å². The fourth-order valence-corrected chi connectivity index (χ4v) is 4.27. The number of carboxylic acids is 1. The van der Waals surface area contributed by atoms with E-state index >= 15 is 0 Å². The van der Waals surface area contributed by atoms with E-state index in [-0.39, 0.29) is 28.9 Å². The van der Waals surface area contributed by atoms with Gasteiger partial charge in [0, 0.05) is 12.1 Å². The summed E-state index contributed by atoms with van der Waals surface area (Å²) in [5.41, 5.74) is -0.113. The summed E-state index contributed by atoms with van der Waals surface area (Å²) in [6.45, 7) is 7.49. The van der Waals surface area contributed by atoms with E-state index in [2.05, 4.69) is 20.8 Å². The van der Waals surface area contributed by atoms with E-state index < -0.39 is 10.9 Å². The Morgan fingerprint density at radius 2 is 1.82 bits per heavy atom. The zero-order valence-electron chi connectivity index (χ0n) is 19.2. The van der Waals surface area contributed by atoms with Crippen molar-refractivity contribution in [3.8, 4) is 17.2 Å². The quantitative estimate of drug-likeness (QED) is 0.267. The maximum atomic E-state index is 11.4. The van der Waals surface area contributed by atoms with Crippen molar-refractivity contribution in [1.29, 1.82) is 0 Å². The van der Waals surface area contributed by atoms with Gasteiger partial charge in [0.2, 0.25) is 5.75 Å². The predicted octanol–water partition coefficient (Wildman–Crippen LogP) is 5.94. The van der Waals surface area contributed by atoms with Crippen molar-refractivity contribution < 1.29 is 29.0 Å². The Morgan fingerprint density at radius 3 is 2.45 bits per heavy atom. The molecule has 1 aliphatic rings. The minimum absolute atomic E-state index is 0.0162. The molecule has 0 aliphatic heterocycles. The van der Waals surface area contributed by atoms with Crippen LogP contribution in [0.3, 0.4) is 0 Å². The van der Waals surface area contributed by atoms with E-state index in [9.17, 15) is 14.9 Å². The van der Waals surface area contributed by atoms with Crippen molar-refractivity contribution in [1.82, 2.24) is 0 Å². The first kappa shape index (κ1) is 24.5. The van der Waals surface area contributed by atoms with Crippen LogP contribution >= 0.6 is 0 Å². The number of benzene rings is 2. The molecule has 8 heteroatoms. The molecule has 1 fully saturated rings. The number of nitro benzene ring substituents is 1. The highest BCUT2D eigenvalue weighted by Gasteiger charge is 2.31. The molecule has 3 atom stereocenters. The Bertz CT molecular complexity index is 958. The first-order valence-electron chi connectivity index (χ1n) is 11.3. The van der Waals surface area contributed by atoms with Crippen molar-refractivity contribution in [2.24, 2.45) is 17.8 Å². The fraction of sp³-hybridized carbons (Fsp3) is 0.480. The van der Waals surface area contributed by atoms with Gasteiger partial charge in [-0.3, -0.25) is 10.1 Å². The number of rotatable bonds is 10. The second kappa shape index (κ2) is 11.1. The smallest absolute Gasteiger partial charge is 0.335 e. The highest BCUT2D eigenvalue weighted by atomic mass is 16.6. The van der Waals surface area contributed by atoms with Crippen molar-refractivity contribution >= 4 is 11.7 Å². The molecule has 0 amide bonds. The van der Waals surface area contributed by atoms with E-state index in [4.69, 9.17) is 19.3 Å². The molecule has 33 heavy (non-hydrogen) atoms. The van der Waals surface area contributed by atoms with Crippen molar-refractivity contribution in [3.05, 3.63) is 58.1 Å². The Labute approximate surface area is 193 Å². The van der Waals surface area contributed by atoms with E-state index in [1.807, 2.05) is 0 Å². The van der Waals surface area contributed by atoms with Crippen molar-refractivity contribution in [2.75, 3.05) is 13.2 Å². The van der Waals surface area contributed by atoms with Crippen LogP contribution in [0.15, 0.2) is 42.5 Å². The van der Waals surface area contributed by atoms with Crippen LogP contribution in [-0.2, 0) is 4.74 Å². The van der Waals surface area contributed by atoms with Crippen LogP contribution in [0.4, 0.5) is 5.69 Å². The molecule has 1 aliphatic carbocycles. The van der Waals surface area contributed by atoms with Crippen LogP contribution in [0.1, 0.15) is 50.4 Å². The van der Waals surface area contributed by atoms with Crippen molar-refractivity contribution in [2.45, 2.75) is 46.1 Å². The van der Waals surface area contributed by atoms with Crippen LogP contribution < -0.4 is 9.47 Å². The van der Waals surface area contributed by atoms with Gasteiger partial charge in [-0.15, -0.1) is 0 Å². The van der Waals surface area contributed by atoms with Gasteiger partial charge in [-0.05, 0) is 60.9 Å². The Morgan fingerprint density at radius 1 is 1.12 bits per heavy atom. The third-order valence-corrected chi connectivity index (χ3v) is 6.10. The van der Waals surface area contributed by atoms with E-state index in [0.717, 1.165) is 6.42 Å². The third kappa shape index (κ3) is 6.68. The molecule has 0 aromatic heterocycles. The van der Waals surface area contributed by atoms with E-state index in [1.165, 1.54) is 55.3 Å². The Balaban J connectivity index is 1.61. The molecule has 0 radical (unpaired) electrons. The standard InChI is InChI=1S/C25H31NO7/c1-16(2)21-10-4-17(3)14-23(21)32-13-12-31-20-9-11-22(26(29)30)24(15-20)33-19-7-5-18(6-8-19)25(27)28/h5-9,11,15-17,21,23H,4,10,12-14H2,1-3H3,(H,27,28). The normalized spacial score (nSPS) is 20.4. The highest BCUT2D eigenvalue weighted by molar-refractivity contribution is 5.87. The summed E-state index contributed by atoms with van der Waals surface area (Å²) < 4.78 is 17.6. The molecule has 0 spiro atoms. The topological polar surface area (TPSA) is 108 Å². The molecule has 1 saturated carbocycles. The number of carboxylic acid groups (broad SMARTS) is 1. The maximum absolute atomic E-state index is 11.4. The van der Waals surface area contributed by atoms with E-state index in [1.54, 1.807) is 0 Å². The molecule has 3 unspecified atom stereocenters. The number of hydrogen-bond donors (Lipinski definition) is 1. The molecule has 0 heterocycles. The largest absolute Gasteiger partial charge is 0.491 e. The number of nitro groups is 1. The van der Waals surface area contributed by atoms with Gasteiger partial charge in [-0.2, -0.15) is 0 Å². The third-order valence-electron chi connectivity index (χ3n) is 6.10. The lowest BCUT2D eigenvalue weighted by molar-refractivity contribution is -0.385. The number of nitrogens with zero attached hydrogens (tertiary/aromatic N) is 1. The first-order chi connectivity index (χ1) is 15.7. The molecule has 178 valence electrons. The number of carbonyl (C=O) groups is 1. The van der Waals surface area contributed by atoms with Gasteiger partial charge in [-0.1, -0.05) is 27.2 Å². The van der Waals surface area contributed by atoms with Gasteiger partial charge in [0.25, 0.3) is 0 Å². The second-order valence-corrected chi connectivity index (χ2v) is 8.90. The number of hydrogen-bond acceptors (Lipinski definition) is 6. The van der Waals surface area contributed by atoms with Crippen LogP contribution in [0.25, 0.3) is 0 Å². The molecular weight excluding hydrogens is 426 g/mol. The lowest BCUT2D eigenvalue weighted by atomic mass is 9.75. The summed E-state index contributed by atoms with van der Waals surface area (Å²) in [6, 6.07) is 9.96. The monoisotopic (exact) mass is 457 g/mol. The number of ether oxygens (including phenoxy) is 3. The van der Waals surface area contributed by atoms with Gasteiger partial charge in [0.15, 0.2) is 0 Å². The summed E-state index contributed by atoms with van der Waals surface area (Å²) in [6.07, 6.45) is 3.70. The molecule has 8 nitrogen and oxygen atoms in total. The summed E-state index contributed by atoms with van der Waals surface area (Å²) in [5.74, 6) is 1.45. The second-order valence-electron chi connectivity index (χ2n) is 8.90.